The number of rotatable bonds is 3. The number of hydrogen-bond donors (Lipinski definition) is 1. The van der Waals surface area contributed by atoms with Gasteiger partial charge in [-0.2, -0.15) is 0 Å². The van der Waals surface area contributed by atoms with Crippen LogP contribution >= 0.6 is 0 Å². The molecule has 0 aromatic heterocycles. The average molecular weight is 305 g/mol. The van der Waals surface area contributed by atoms with Crippen molar-refractivity contribution in [2.45, 2.75) is 12.0 Å². The molecular formula is C16H13F2NO3. The van der Waals surface area contributed by atoms with Gasteiger partial charge in [-0.25, -0.2) is 13.6 Å². The Hall–Kier alpha value is -2.63. The average Bonchev–Trinajstić information content (AvgIpc) is 2.51. The van der Waals surface area contributed by atoms with Crippen LogP contribution in [0.1, 0.15) is 11.6 Å². The molecule has 0 unspecified atom stereocenters. The number of para-hydroxylation sites is 1. The molecule has 6 heteroatoms. The van der Waals surface area contributed by atoms with E-state index in [0.717, 1.165) is 0 Å². The van der Waals surface area contributed by atoms with E-state index >= 15 is 0 Å². The van der Waals surface area contributed by atoms with Gasteiger partial charge in [-0.15, -0.1) is 0 Å². The van der Waals surface area contributed by atoms with E-state index in [2.05, 4.69) is 10.1 Å². The molecule has 1 saturated heterocycles. The van der Waals surface area contributed by atoms with Gasteiger partial charge in [0.05, 0.1) is 0 Å². The van der Waals surface area contributed by atoms with E-state index in [1.54, 1.807) is 24.3 Å². The summed E-state index contributed by atoms with van der Waals surface area (Å²) in [6, 6.07) is 13.8. The van der Waals surface area contributed by atoms with Crippen molar-refractivity contribution in [1.29, 1.82) is 0 Å². The lowest BCUT2D eigenvalue weighted by Gasteiger charge is -2.31. The van der Waals surface area contributed by atoms with E-state index in [-0.39, 0.29) is 5.56 Å². The van der Waals surface area contributed by atoms with Crippen LogP contribution in [0.3, 0.4) is 0 Å². The van der Waals surface area contributed by atoms with Crippen LogP contribution in [0.25, 0.3) is 0 Å². The first-order valence-corrected chi connectivity index (χ1v) is 6.68. The normalized spacial score (nSPS) is 19.9. The molecule has 1 atom stereocenters. The SMILES string of the molecule is O=C1N[C@H](c2cccc(Oc3ccccc3)c2)C(F)(F)CO1. The maximum Gasteiger partial charge on any atom is 0.408 e. The Labute approximate surface area is 125 Å². The first-order chi connectivity index (χ1) is 10.5. The van der Waals surface area contributed by atoms with Gasteiger partial charge in [-0.1, -0.05) is 30.3 Å². The molecule has 1 amide bonds. The van der Waals surface area contributed by atoms with E-state index in [1.807, 2.05) is 18.2 Å². The highest BCUT2D eigenvalue weighted by molar-refractivity contribution is 5.69. The molecule has 1 N–H and O–H groups in total. The number of halogens is 2. The number of carbonyl (C=O) groups is 1. The zero-order chi connectivity index (χ0) is 15.6. The molecule has 0 aliphatic carbocycles. The second kappa shape index (κ2) is 5.63. The van der Waals surface area contributed by atoms with Gasteiger partial charge in [0, 0.05) is 0 Å². The largest absolute Gasteiger partial charge is 0.457 e. The van der Waals surface area contributed by atoms with Gasteiger partial charge < -0.3 is 14.8 Å². The maximum absolute atomic E-state index is 13.9. The summed E-state index contributed by atoms with van der Waals surface area (Å²) in [4.78, 5) is 11.2. The van der Waals surface area contributed by atoms with Gasteiger partial charge in [0.1, 0.15) is 17.5 Å². The molecule has 114 valence electrons. The van der Waals surface area contributed by atoms with E-state index < -0.39 is 24.7 Å². The lowest BCUT2D eigenvalue weighted by atomic mass is 10.00. The van der Waals surface area contributed by atoms with Gasteiger partial charge in [-0.3, -0.25) is 0 Å². The number of benzene rings is 2. The van der Waals surface area contributed by atoms with E-state index in [4.69, 9.17) is 4.74 Å². The molecule has 22 heavy (non-hydrogen) atoms. The summed E-state index contributed by atoms with van der Waals surface area (Å²) in [5.74, 6) is -2.16. The fourth-order valence-corrected chi connectivity index (χ4v) is 2.22. The Morgan fingerprint density at radius 3 is 2.59 bits per heavy atom. The molecule has 0 radical (unpaired) electrons. The number of nitrogens with one attached hydrogen (secondary N) is 1. The Kier molecular flexibility index (Phi) is 3.66. The third-order valence-corrected chi connectivity index (χ3v) is 3.25. The summed E-state index contributed by atoms with van der Waals surface area (Å²) in [5, 5.41) is 2.15. The van der Waals surface area contributed by atoms with Crippen LogP contribution in [-0.2, 0) is 4.74 Å². The topological polar surface area (TPSA) is 47.6 Å². The molecule has 0 spiro atoms. The minimum Gasteiger partial charge on any atom is -0.457 e. The smallest absolute Gasteiger partial charge is 0.408 e. The van der Waals surface area contributed by atoms with Crippen LogP contribution in [0.5, 0.6) is 11.5 Å². The van der Waals surface area contributed by atoms with Gasteiger partial charge in [0.15, 0.2) is 6.61 Å². The van der Waals surface area contributed by atoms with Crippen LogP contribution in [-0.4, -0.2) is 18.6 Å². The molecule has 1 aliphatic rings. The molecule has 1 fully saturated rings. The van der Waals surface area contributed by atoms with Crippen molar-refractivity contribution in [3.8, 4) is 11.5 Å². The van der Waals surface area contributed by atoms with Crippen molar-refractivity contribution in [1.82, 2.24) is 5.32 Å². The predicted octanol–water partition coefficient (Wildman–Crippen LogP) is 3.90. The molecule has 4 nitrogen and oxygen atoms in total. The molecular weight excluding hydrogens is 292 g/mol. The molecule has 2 aromatic carbocycles. The monoisotopic (exact) mass is 305 g/mol. The Morgan fingerprint density at radius 2 is 1.82 bits per heavy atom. The van der Waals surface area contributed by atoms with Crippen molar-refractivity contribution >= 4 is 6.09 Å². The first-order valence-electron chi connectivity index (χ1n) is 6.68. The number of carbonyl (C=O) groups excluding carboxylic acids is 1. The molecule has 2 aromatic rings. The number of cyclic esters (lactones) is 1. The third kappa shape index (κ3) is 3.00. The third-order valence-electron chi connectivity index (χ3n) is 3.25. The van der Waals surface area contributed by atoms with Crippen molar-refractivity contribution in [2.75, 3.05) is 6.61 Å². The number of ether oxygens (including phenoxy) is 2. The number of amides is 1. The van der Waals surface area contributed by atoms with Crippen molar-refractivity contribution in [2.24, 2.45) is 0 Å². The van der Waals surface area contributed by atoms with Crippen molar-refractivity contribution in [3.05, 3.63) is 60.2 Å². The van der Waals surface area contributed by atoms with Gasteiger partial charge >= 0.3 is 12.0 Å². The molecule has 0 bridgehead atoms. The van der Waals surface area contributed by atoms with Crippen LogP contribution in [0, 0.1) is 0 Å². The Bertz CT molecular complexity index is 676. The molecule has 0 saturated carbocycles. The standard InChI is InChI=1S/C16H13F2NO3/c17-16(18)10-21-15(20)19-14(16)11-5-4-8-13(9-11)22-12-6-2-1-3-7-12/h1-9,14H,10H2,(H,19,20)/t14-/m1/s1. The lowest BCUT2D eigenvalue weighted by Crippen LogP contribution is -2.49. The fourth-order valence-electron chi connectivity index (χ4n) is 2.22. The Balaban J connectivity index is 1.85. The van der Waals surface area contributed by atoms with E-state index in [9.17, 15) is 13.6 Å². The maximum atomic E-state index is 13.9. The molecule has 3 rings (SSSR count). The number of hydrogen-bond acceptors (Lipinski definition) is 3. The number of alkyl halides is 2. The lowest BCUT2D eigenvalue weighted by molar-refractivity contribution is -0.104. The van der Waals surface area contributed by atoms with Crippen molar-refractivity contribution < 1.29 is 23.0 Å². The minimum absolute atomic E-state index is 0.259. The molecule has 1 aliphatic heterocycles. The summed E-state index contributed by atoms with van der Waals surface area (Å²) in [7, 11) is 0. The predicted molar refractivity (Wildman–Crippen MR) is 75.1 cm³/mol. The van der Waals surface area contributed by atoms with Gasteiger partial charge in [0.25, 0.3) is 0 Å². The quantitative estimate of drug-likeness (QED) is 0.935. The summed E-state index contributed by atoms with van der Waals surface area (Å²) in [6.45, 7) is -0.937. The van der Waals surface area contributed by atoms with Crippen LogP contribution < -0.4 is 10.1 Å². The zero-order valence-corrected chi connectivity index (χ0v) is 11.5. The van der Waals surface area contributed by atoms with Gasteiger partial charge in [-0.05, 0) is 29.8 Å². The Morgan fingerprint density at radius 1 is 1.09 bits per heavy atom. The zero-order valence-electron chi connectivity index (χ0n) is 11.5. The van der Waals surface area contributed by atoms with E-state index in [1.165, 1.54) is 12.1 Å². The first kappa shape index (κ1) is 14.3. The highest BCUT2D eigenvalue weighted by Gasteiger charge is 2.46. The second-order valence-electron chi connectivity index (χ2n) is 4.90. The summed E-state index contributed by atoms with van der Waals surface area (Å²) in [6.07, 6.45) is -0.856. The highest BCUT2D eigenvalue weighted by atomic mass is 19.3. The number of alkyl carbamates (subject to hydrolysis) is 1. The summed E-state index contributed by atoms with van der Waals surface area (Å²) >= 11 is 0. The van der Waals surface area contributed by atoms with Crippen LogP contribution in [0.2, 0.25) is 0 Å². The summed E-state index contributed by atoms with van der Waals surface area (Å²) in [5.41, 5.74) is 0.259. The van der Waals surface area contributed by atoms with Gasteiger partial charge in [0.2, 0.25) is 0 Å². The van der Waals surface area contributed by atoms with Crippen molar-refractivity contribution in [3.63, 3.8) is 0 Å². The molecule has 1 heterocycles. The minimum atomic E-state index is -3.18. The summed E-state index contributed by atoms with van der Waals surface area (Å²) < 4.78 is 37.8. The van der Waals surface area contributed by atoms with Crippen LogP contribution in [0.15, 0.2) is 54.6 Å². The highest BCUT2D eigenvalue weighted by Crippen LogP contribution is 2.36. The fraction of sp³-hybridized carbons (Fsp3) is 0.188. The van der Waals surface area contributed by atoms with E-state index in [0.29, 0.717) is 11.5 Å². The second-order valence-corrected chi connectivity index (χ2v) is 4.90. The van der Waals surface area contributed by atoms with Crippen LogP contribution in [0.4, 0.5) is 13.6 Å².